The summed E-state index contributed by atoms with van der Waals surface area (Å²) in [4.78, 5) is 2.22. The van der Waals surface area contributed by atoms with Gasteiger partial charge in [-0.1, -0.05) is 0 Å². The second-order valence-electron chi connectivity index (χ2n) is 5.79. The third-order valence-electron chi connectivity index (χ3n) is 4.03. The Hall–Kier alpha value is -1.30. The Bertz CT molecular complexity index is 487. The van der Waals surface area contributed by atoms with Gasteiger partial charge in [-0.25, -0.2) is 4.39 Å². The minimum atomic E-state index is -4.67. The Labute approximate surface area is 122 Å². The van der Waals surface area contributed by atoms with Crippen LogP contribution >= 0.6 is 0 Å². The van der Waals surface area contributed by atoms with Gasteiger partial charge in [0.2, 0.25) is 0 Å². The van der Waals surface area contributed by atoms with E-state index in [1.165, 1.54) is 6.07 Å². The Kier molecular flexibility index (Phi) is 4.76. The van der Waals surface area contributed by atoms with Gasteiger partial charge < -0.3 is 10.2 Å². The molecular weight excluding hydrogens is 284 g/mol. The lowest BCUT2D eigenvalue weighted by Crippen LogP contribution is -2.39. The van der Waals surface area contributed by atoms with Crippen molar-refractivity contribution in [1.82, 2.24) is 4.90 Å². The SMILES string of the molecule is CC(Nc1ccc(F)c(C(F)(F)F)c1)C1CCCN(C)C1. The minimum absolute atomic E-state index is 0.0410. The third-order valence-corrected chi connectivity index (χ3v) is 4.03. The van der Waals surface area contributed by atoms with Crippen molar-refractivity contribution in [3.8, 4) is 0 Å². The van der Waals surface area contributed by atoms with Crippen LogP contribution in [-0.4, -0.2) is 31.1 Å². The molecule has 1 aromatic carbocycles. The predicted octanol–water partition coefficient (Wildman–Crippen LogP) is 3.99. The molecule has 2 rings (SSSR count). The Balaban J connectivity index is 2.09. The number of rotatable bonds is 3. The number of hydrogen-bond donors (Lipinski definition) is 1. The van der Waals surface area contributed by atoms with E-state index >= 15 is 0 Å². The van der Waals surface area contributed by atoms with Crippen LogP contribution in [0.3, 0.4) is 0 Å². The Morgan fingerprint density at radius 2 is 2.05 bits per heavy atom. The fraction of sp³-hybridized carbons (Fsp3) is 0.600. The van der Waals surface area contributed by atoms with Gasteiger partial charge in [0.25, 0.3) is 0 Å². The average Bonchev–Trinajstić information content (AvgIpc) is 2.39. The molecule has 0 aromatic heterocycles. The monoisotopic (exact) mass is 304 g/mol. The van der Waals surface area contributed by atoms with E-state index in [4.69, 9.17) is 0 Å². The summed E-state index contributed by atoms with van der Waals surface area (Å²) in [6.45, 7) is 3.93. The molecule has 0 bridgehead atoms. The second kappa shape index (κ2) is 6.22. The van der Waals surface area contributed by atoms with Gasteiger partial charge in [0.05, 0.1) is 5.56 Å². The van der Waals surface area contributed by atoms with Crippen LogP contribution in [-0.2, 0) is 6.18 Å². The molecule has 118 valence electrons. The summed E-state index contributed by atoms with van der Waals surface area (Å²) in [6, 6.07) is 3.11. The zero-order valence-electron chi connectivity index (χ0n) is 12.2. The lowest BCUT2D eigenvalue weighted by atomic mass is 9.91. The molecule has 2 unspecified atom stereocenters. The molecule has 1 aliphatic heterocycles. The van der Waals surface area contributed by atoms with Crippen LogP contribution in [0.2, 0.25) is 0 Å². The van der Waals surface area contributed by atoms with E-state index in [2.05, 4.69) is 10.2 Å². The first kappa shape index (κ1) is 16.1. The highest BCUT2D eigenvalue weighted by Crippen LogP contribution is 2.33. The zero-order valence-corrected chi connectivity index (χ0v) is 12.2. The second-order valence-corrected chi connectivity index (χ2v) is 5.79. The fourth-order valence-electron chi connectivity index (χ4n) is 2.83. The summed E-state index contributed by atoms with van der Waals surface area (Å²) in [7, 11) is 2.04. The molecule has 0 aliphatic carbocycles. The first-order valence-corrected chi connectivity index (χ1v) is 7.09. The summed E-state index contributed by atoms with van der Waals surface area (Å²) in [5.41, 5.74) is -0.912. The summed E-state index contributed by atoms with van der Waals surface area (Å²) in [5, 5.41) is 3.08. The van der Waals surface area contributed by atoms with E-state index in [1.807, 2.05) is 14.0 Å². The number of nitrogens with one attached hydrogen (secondary N) is 1. The lowest BCUT2D eigenvalue weighted by molar-refractivity contribution is -0.139. The van der Waals surface area contributed by atoms with Crippen LogP contribution in [0.15, 0.2) is 18.2 Å². The number of anilines is 1. The van der Waals surface area contributed by atoms with E-state index in [9.17, 15) is 17.6 Å². The maximum Gasteiger partial charge on any atom is 0.419 e. The molecule has 1 aliphatic rings. The van der Waals surface area contributed by atoms with Gasteiger partial charge in [-0.3, -0.25) is 0 Å². The van der Waals surface area contributed by atoms with Crippen molar-refractivity contribution in [2.75, 3.05) is 25.5 Å². The Morgan fingerprint density at radius 1 is 1.33 bits per heavy atom. The number of piperidine rings is 1. The maximum atomic E-state index is 13.3. The molecule has 1 N–H and O–H groups in total. The standard InChI is InChI=1S/C15H20F4N2/c1-10(11-4-3-7-21(2)9-11)20-12-5-6-14(16)13(8-12)15(17,18)19/h5-6,8,10-11,20H,3-4,7,9H2,1-2H3. The first-order valence-electron chi connectivity index (χ1n) is 7.09. The van der Waals surface area contributed by atoms with E-state index in [0.717, 1.165) is 38.1 Å². The van der Waals surface area contributed by atoms with Crippen molar-refractivity contribution in [1.29, 1.82) is 0 Å². The zero-order chi connectivity index (χ0) is 15.6. The van der Waals surface area contributed by atoms with Gasteiger partial charge in [0, 0.05) is 18.3 Å². The molecule has 0 saturated carbocycles. The number of likely N-dealkylation sites (tertiary alicyclic amines) is 1. The molecule has 0 spiro atoms. The van der Waals surface area contributed by atoms with E-state index in [0.29, 0.717) is 11.6 Å². The number of hydrogen-bond acceptors (Lipinski definition) is 2. The summed E-state index contributed by atoms with van der Waals surface area (Å²) in [6.07, 6.45) is -2.54. The highest BCUT2D eigenvalue weighted by atomic mass is 19.4. The van der Waals surface area contributed by atoms with Crippen molar-refractivity contribution in [2.24, 2.45) is 5.92 Å². The quantitative estimate of drug-likeness (QED) is 0.850. The van der Waals surface area contributed by atoms with Crippen molar-refractivity contribution in [3.63, 3.8) is 0 Å². The van der Waals surface area contributed by atoms with Gasteiger partial charge in [-0.2, -0.15) is 13.2 Å². The highest BCUT2D eigenvalue weighted by molar-refractivity contribution is 5.47. The molecular formula is C15H20F4N2. The van der Waals surface area contributed by atoms with Gasteiger partial charge in [0.15, 0.2) is 0 Å². The van der Waals surface area contributed by atoms with Crippen LogP contribution in [0, 0.1) is 11.7 Å². The largest absolute Gasteiger partial charge is 0.419 e. The molecule has 0 amide bonds. The molecule has 6 heteroatoms. The Morgan fingerprint density at radius 3 is 2.67 bits per heavy atom. The predicted molar refractivity (Wildman–Crippen MR) is 74.7 cm³/mol. The van der Waals surface area contributed by atoms with Crippen LogP contribution < -0.4 is 5.32 Å². The molecule has 1 fully saturated rings. The minimum Gasteiger partial charge on any atom is -0.382 e. The number of alkyl halides is 3. The van der Waals surface area contributed by atoms with Crippen molar-refractivity contribution >= 4 is 5.69 Å². The van der Waals surface area contributed by atoms with Crippen LogP contribution in [0.5, 0.6) is 0 Å². The number of nitrogens with zero attached hydrogens (tertiary/aromatic N) is 1. The lowest BCUT2D eigenvalue weighted by Gasteiger charge is -2.34. The van der Waals surface area contributed by atoms with E-state index in [-0.39, 0.29) is 6.04 Å². The van der Waals surface area contributed by atoms with E-state index in [1.54, 1.807) is 0 Å². The fourth-order valence-corrected chi connectivity index (χ4v) is 2.83. The average molecular weight is 304 g/mol. The van der Waals surface area contributed by atoms with Crippen LogP contribution in [0.25, 0.3) is 0 Å². The summed E-state index contributed by atoms with van der Waals surface area (Å²) in [5.74, 6) is -0.860. The third kappa shape index (κ3) is 4.09. The van der Waals surface area contributed by atoms with Gasteiger partial charge >= 0.3 is 6.18 Å². The van der Waals surface area contributed by atoms with Crippen molar-refractivity contribution < 1.29 is 17.6 Å². The van der Waals surface area contributed by atoms with Crippen LogP contribution in [0.4, 0.5) is 23.2 Å². The first-order chi connectivity index (χ1) is 9.77. The summed E-state index contributed by atoms with van der Waals surface area (Å²) >= 11 is 0. The normalized spacial score (nSPS) is 22.1. The molecule has 0 radical (unpaired) electrons. The molecule has 1 heterocycles. The van der Waals surface area contributed by atoms with Gasteiger partial charge in [-0.05, 0) is 57.5 Å². The number of benzene rings is 1. The molecule has 2 atom stereocenters. The van der Waals surface area contributed by atoms with E-state index < -0.39 is 17.6 Å². The smallest absolute Gasteiger partial charge is 0.382 e. The summed E-state index contributed by atoms with van der Waals surface area (Å²) < 4.78 is 51.3. The van der Waals surface area contributed by atoms with Gasteiger partial charge in [0.1, 0.15) is 5.82 Å². The molecule has 1 aromatic rings. The van der Waals surface area contributed by atoms with Crippen molar-refractivity contribution in [2.45, 2.75) is 32.0 Å². The van der Waals surface area contributed by atoms with Crippen LogP contribution in [0.1, 0.15) is 25.3 Å². The number of halogens is 4. The molecule has 1 saturated heterocycles. The maximum absolute atomic E-state index is 13.3. The molecule has 2 nitrogen and oxygen atoms in total. The van der Waals surface area contributed by atoms with Gasteiger partial charge in [-0.15, -0.1) is 0 Å². The molecule has 21 heavy (non-hydrogen) atoms. The topological polar surface area (TPSA) is 15.3 Å². The highest BCUT2D eigenvalue weighted by Gasteiger charge is 2.34. The van der Waals surface area contributed by atoms with Crippen molar-refractivity contribution in [3.05, 3.63) is 29.6 Å².